The fourth-order valence-corrected chi connectivity index (χ4v) is 4.44. The molecule has 0 radical (unpaired) electrons. The molecule has 2 aromatic rings. The van der Waals surface area contributed by atoms with Crippen molar-refractivity contribution < 1.29 is 14.3 Å². The van der Waals surface area contributed by atoms with E-state index < -0.39 is 0 Å². The van der Waals surface area contributed by atoms with Crippen molar-refractivity contribution in [3.05, 3.63) is 66.2 Å². The molecular weight excluding hydrogens is 390 g/mol. The molecule has 2 saturated heterocycles. The number of carbonyl (C=O) groups is 2. The van der Waals surface area contributed by atoms with Gasteiger partial charge in [0, 0.05) is 45.7 Å². The van der Waals surface area contributed by atoms with Crippen molar-refractivity contribution in [1.82, 2.24) is 14.7 Å². The van der Waals surface area contributed by atoms with Gasteiger partial charge < -0.3 is 14.5 Å². The molecule has 0 saturated carbocycles. The second-order valence-electron chi connectivity index (χ2n) is 8.36. The first-order valence-corrected chi connectivity index (χ1v) is 11.1. The average molecular weight is 422 g/mol. The normalized spacial score (nSPS) is 20.7. The minimum absolute atomic E-state index is 0.00652. The smallest absolute Gasteiger partial charge is 0.228 e. The Labute approximate surface area is 184 Å². The first-order valence-electron chi connectivity index (χ1n) is 11.1. The van der Waals surface area contributed by atoms with Gasteiger partial charge in [-0.25, -0.2) is 0 Å². The molecule has 0 bridgehead atoms. The third-order valence-corrected chi connectivity index (χ3v) is 6.36. The maximum Gasteiger partial charge on any atom is 0.228 e. The van der Waals surface area contributed by atoms with Crippen molar-refractivity contribution in [3.8, 4) is 5.75 Å². The number of piperazine rings is 1. The van der Waals surface area contributed by atoms with Crippen LogP contribution in [0.3, 0.4) is 0 Å². The Morgan fingerprint density at radius 3 is 2.32 bits per heavy atom. The van der Waals surface area contributed by atoms with Crippen LogP contribution in [0.15, 0.2) is 60.7 Å². The molecule has 164 valence electrons. The summed E-state index contributed by atoms with van der Waals surface area (Å²) >= 11 is 0. The third-order valence-electron chi connectivity index (χ3n) is 6.36. The Balaban J connectivity index is 1.23. The van der Waals surface area contributed by atoms with Gasteiger partial charge in [0.15, 0.2) is 0 Å². The predicted molar refractivity (Wildman–Crippen MR) is 120 cm³/mol. The zero-order chi connectivity index (χ0) is 21.6. The first-order chi connectivity index (χ1) is 15.1. The molecule has 0 unspecified atom stereocenters. The molecule has 2 heterocycles. The van der Waals surface area contributed by atoms with Crippen LogP contribution in [0.2, 0.25) is 0 Å². The van der Waals surface area contributed by atoms with Crippen molar-refractivity contribution in [2.24, 2.45) is 5.92 Å². The van der Waals surface area contributed by atoms with Crippen molar-refractivity contribution in [3.63, 3.8) is 0 Å². The maximum atomic E-state index is 13.1. The largest absolute Gasteiger partial charge is 0.492 e. The number of hydrogen-bond acceptors (Lipinski definition) is 4. The zero-order valence-electron chi connectivity index (χ0n) is 18.2. The van der Waals surface area contributed by atoms with Gasteiger partial charge in [-0.1, -0.05) is 48.5 Å². The van der Waals surface area contributed by atoms with Crippen LogP contribution in [0.1, 0.15) is 24.9 Å². The molecule has 2 amide bonds. The van der Waals surface area contributed by atoms with E-state index in [1.54, 1.807) is 0 Å². The lowest BCUT2D eigenvalue weighted by atomic mass is 10.1. The Bertz CT molecular complexity index is 866. The third kappa shape index (κ3) is 5.25. The van der Waals surface area contributed by atoms with E-state index in [0.29, 0.717) is 32.7 Å². The van der Waals surface area contributed by atoms with Gasteiger partial charge in [0.25, 0.3) is 0 Å². The van der Waals surface area contributed by atoms with Crippen LogP contribution in [0.25, 0.3) is 0 Å². The number of rotatable bonds is 7. The Morgan fingerprint density at radius 1 is 1.00 bits per heavy atom. The van der Waals surface area contributed by atoms with Gasteiger partial charge in [-0.15, -0.1) is 0 Å². The van der Waals surface area contributed by atoms with E-state index in [4.69, 9.17) is 4.74 Å². The summed E-state index contributed by atoms with van der Waals surface area (Å²) in [6, 6.07) is 19.8. The zero-order valence-corrected chi connectivity index (χ0v) is 18.2. The lowest BCUT2D eigenvalue weighted by molar-refractivity contribution is -0.137. The molecule has 4 rings (SSSR count). The maximum absolute atomic E-state index is 13.1. The minimum atomic E-state index is -0.230. The Kier molecular flexibility index (Phi) is 6.87. The number of carbonyl (C=O) groups excluding carboxylic acids is 2. The fourth-order valence-electron chi connectivity index (χ4n) is 4.44. The lowest BCUT2D eigenvalue weighted by Crippen LogP contribution is -2.51. The molecular formula is C25H31N3O3. The van der Waals surface area contributed by atoms with Gasteiger partial charge in [-0.3, -0.25) is 14.5 Å². The summed E-state index contributed by atoms with van der Waals surface area (Å²) in [6.07, 6.45) is 0.321. The summed E-state index contributed by atoms with van der Waals surface area (Å²) in [6.45, 7) is 7.15. The van der Waals surface area contributed by atoms with E-state index in [2.05, 4.69) is 4.90 Å². The minimum Gasteiger partial charge on any atom is -0.492 e. The van der Waals surface area contributed by atoms with Crippen LogP contribution >= 0.6 is 0 Å². The SMILES string of the molecule is C[C@@H](c1ccccc1)N1C[C@@H](C(=O)N2CCN(CCOc3ccccc3)CC2)CC1=O. The van der Waals surface area contributed by atoms with Crippen LogP contribution in [0.4, 0.5) is 0 Å². The molecule has 2 aliphatic rings. The monoisotopic (exact) mass is 421 g/mol. The van der Waals surface area contributed by atoms with Gasteiger partial charge in [-0.2, -0.15) is 0 Å². The predicted octanol–water partition coefficient (Wildman–Crippen LogP) is 2.82. The number of para-hydroxylation sites is 1. The van der Waals surface area contributed by atoms with E-state index in [9.17, 15) is 9.59 Å². The number of amides is 2. The molecule has 0 aromatic heterocycles. The molecule has 6 nitrogen and oxygen atoms in total. The number of benzene rings is 2. The van der Waals surface area contributed by atoms with Gasteiger partial charge in [0.2, 0.25) is 11.8 Å². The van der Waals surface area contributed by atoms with Crippen LogP contribution in [-0.4, -0.2) is 72.4 Å². The summed E-state index contributed by atoms with van der Waals surface area (Å²) in [4.78, 5) is 31.8. The Morgan fingerprint density at radius 2 is 1.65 bits per heavy atom. The van der Waals surface area contributed by atoms with Crippen LogP contribution in [0.5, 0.6) is 5.75 Å². The quantitative estimate of drug-likeness (QED) is 0.690. The summed E-state index contributed by atoms with van der Waals surface area (Å²) in [5, 5.41) is 0. The summed E-state index contributed by atoms with van der Waals surface area (Å²) in [7, 11) is 0. The molecule has 2 fully saturated rings. The molecule has 6 heteroatoms. The molecule has 2 atom stereocenters. The summed E-state index contributed by atoms with van der Waals surface area (Å²) in [5.41, 5.74) is 1.11. The molecule has 2 aromatic carbocycles. The van der Waals surface area contributed by atoms with Crippen molar-refractivity contribution >= 4 is 11.8 Å². The van der Waals surface area contributed by atoms with Crippen LogP contribution in [-0.2, 0) is 9.59 Å². The second kappa shape index (κ2) is 9.96. The average Bonchev–Trinajstić information content (AvgIpc) is 3.21. The molecule has 0 spiro atoms. The van der Waals surface area contributed by atoms with Gasteiger partial charge in [0.1, 0.15) is 12.4 Å². The molecule has 0 N–H and O–H groups in total. The fraction of sp³-hybridized carbons (Fsp3) is 0.440. The topological polar surface area (TPSA) is 53.1 Å². The van der Waals surface area contributed by atoms with E-state index in [0.717, 1.165) is 30.9 Å². The van der Waals surface area contributed by atoms with Gasteiger partial charge in [0.05, 0.1) is 12.0 Å². The van der Waals surface area contributed by atoms with E-state index in [-0.39, 0.29) is 23.8 Å². The highest BCUT2D eigenvalue weighted by Gasteiger charge is 2.39. The van der Waals surface area contributed by atoms with Crippen molar-refractivity contribution in [1.29, 1.82) is 0 Å². The number of likely N-dealkylation sites (tertiary alicyclic amines) is 1. The van der Waals surface area contributed by atoms with Crippen LogP contribution < -0.4 is 4.74 Å². The van der Waals surface area contributed by atoms with Gasteiger partial charge >= 0.3 is 0 Å². The molecule has 2 aliphatic heterocycles. The first kappa shape index (κ1) is 21.4. The van der Waals surface area contributed by atoms with Crippen molar-refractivity contribution in [2.75, 3.05) is 45.9 Å². The highest BCUT2D eigenvalue weighted by molar-refractivity contribution is 5.89. The molecule has 31 heavy (non-hydrogen) atoms. The second-order valence-corrected chi connectivity index (χ2v) is 8.36. The standard InChI is InChI=1S/C25H31N3O3/c1-20(21-8-4-2-5-9-21)28-19-22(18-24(28)29)25(30)27-14-12-26(13-15-27)16-17-31-23-10-6-3-7-11-23/h2-11,20,22H,12-19H2,1H3/t20-,22-/m0/s1. The number of nitrogens with zero attached hydrogens (tertiary/aromatic N) is 3. The van der Waals surface area contributed by atoms with E-state index >= 15 is 0 Å². The lowest BCUT2D eigenvalue weighted by Gasteiger charge is -2.35. The van der Waals surface area contributed by atoms with E-state index in [1.165, 1.54) is 0 Å². The molecule has 0 aliphatic carbocycles. The number of ether oxygens (including phenoxy) is 1. The summed E-state index contributed by atoms with van der Waals surface area (Å²) in [5.74, 6) is 0.853. The highest BCUT2D eigenvalue weighted by Crippen LogP contribution is 2.29. The Hall–Kier alpha value is -2.86. The number of hydrogen-bond donors (Lipinski definition) is 0. The van der Waals surface area contributed by atoms with Crippen molar-refractivity contribution in [2.45, 2.75) is 19.4 Å². The van der Waals surface area contributed by atoms with Gasteiger partial charge in [-0.05, 0) is 24.6 Å². The van der Waals surface area contributed by atoms with Crippen LogP contribution in [0, 0.1) is 5.92 Å². The van der Waals surface area contributed by atoms with E-state index in [1.807, 2.05) is 77.4 Å². The highest BCUT2D eigenvalue weighted by atomic mass is 16.5. The summed E-state index contributed by atoms with van der Waals surface area (Å²) < 4.78 is 5.78.